The zero-order valence-electron chi connectivity index (χ0n) is 24.9. The Morgan fingerprint density at radius 1 is 1.07 bits per heavy atom. The van der Waals surface area contributed by atoms with Crippen molar-refractivity contribution in [3.63, 3.8) is 0 Å². The highest BCUT2D eigenvalue weighted by molar-refractivity contribution is 6.16. The first kappa shape index (κ1) is 28.5. The molecule has 0 bridgehead atoms. The summed E-state index contributed by atoms with van der Waals surface area (Å²) >= 11 is 0. The minimum Gasteiger partial charge on any atom is -0.348 e. The Labute approximate surface area is 253 Å². The van der Waals surface area contributed by atoms with E-state index in [1.165, 1.54) is 0 Å². The molecule has 7 rings (SSSR count). The summed E-state index contributed by atoms with van der Waals surface area (Å²) in [6, 6.07) is 12.9. The molecule has 1 spiro atoms. The molecule has 1 saturated carbocycles. The Morgan fingerprint density at radius 3 is 2.50 bits per heavy atom. The summed E-state index contributed by atoms with van der Waals surface area (Å²) in [5.74, 6) is -0.255. The number of amides is 1. The van der Waals surface area contributed by atoms with Gasteiger partial charge in [-0.3, -0.25) is 14.2 Å². The average molecular weight is 599 g/mol. The number of carbonyl (C=O) groups excluding carboxylic acids is 1. The van der Waals surface area contributed by atoms with Crippen molar-refractivity contribution in [1.82, 2.24) is 24.6 Å². The number of fused-ring (bicyclic) bond motifs is 1. The number of ether oxygens (including phenoxy) is 2. The van der Waals surface area contributed by atoms with Crippen LogP contribution in [0, 0.1) is 12.7 Å². The minimum absolute atomic E-state index is 0.0190. The Hall–Kier alpha value is -4.22. The maximum absolute atomic E-state index is 16.7. The van der Waals surface area contributed by atoms with E-state index in [2.05, 4.69) is 15.5 Å². The molecule has 3 aliphatic rings. The molecule has 1 amide bonds. The first-order valence-electron chi connectivity index (χ1n) is 15.4. The lowest BCUT2D eigenvalue weighted by Crippen LogP contribution is -2.39. The number of aromatic nitrogens is 4. The number of hydrazone groups is 1. The summed E-state index contributed by atoms with van der Waals surface area (Å²) in [7, 11) is 0. The fraction of sp³-hybridized carbons (Fsp3) is 0.424. The molecule has 2 aromatic heterocycles. The lowest BCUT2D eigenvalue weighted by Gasteiger charge is -2.36. The van der Waals surface area contributed by atoms with Crippen molar-refractivity contribution >= 4 is 17.4 Å². The van der Waals surface area contributed by atoms with Gasteiger partial charge in [-0.05, 0) is 42.9 Å². The van der Waals surface area contributed by atoms with Gasteiger partial charge >= 0.3 is 0 Å². The molecule has 10 nitrogen and oxygen atoms in total. The van der Waals surface area contributed by atoms with Crippen molar-refractivity contribution in [1.29, 1.82) is 0 Å². The van der Waals surface area contributed by atoms with Crippen molar-refractivity contribution in [3.8, 4) is 11.1 Å². The van der Waals surface area contributed by atoms with Crippen molar-refractivity contribution in [2.24, 2.45) is 5.10 Å². The summed E-state index contributed by atoms with van der Waals surface area (Å²) in [4.78, 5) is 31.3. The minimum atomic E-state index is -0.565. The number of hydrogen-bond acceptors (Lipinski definition) is 7. The fourth-order valence-electron chi connectivity index (χ4n) is 6.91. The van der Waals surface area contributed by atoms with Crippen LogP contribution in [0.2, 0.25) is 0 Å². The van der Waals surface area contributed by atoms with E-state index in [0.29, 0.717) is 79.3 Å². The summed E-state index contributed by atoms with van der Waals surface area (Å²) < 4.78 is 32.1. The Bertz CT molecular complexity index is 1830. The Morgan fingerprint density at radius 2 is 1.82 bits per heavy atom. The number of nitrogens with zero attached hydrogens (tertiary/aromatic N) is 5. The number of rotatable bonds is 7. The highest BCUT2D eigenvalue weighted by atomic mass is 19.1. The number of nitrogens with one attached hydrogen (secondary N) is 1. The van der Waals surface area contributed by atoms with Crippen LogP contribution < -0.4 is 11.0 Å². The van der Waals surface area contributed by atoms with E-state index in [0.717, 1.165) is 17.7 Å². The second-order valence-corrected chi connectivity index (χ2v) is 11.8. The van der Waals surface area contributed by atoms with Crippen LogP contribution in [0.1, 0.15) is 79.7 Å². The predicted octanol–water partition coefficient (Wildman–Crippen LogP) is 4.63. The van der Waals surface area contributed by atoms with Gasteiger partial charge in [-0.1, -0.05) is 55.8 Å². The Balaban J connectivity index is 1.35. The number of halogens is 1. The van der Waals surface area contributed by atoms with Crippen molar-refractivity contribution in [2.45, 2.75) is 77.0 Å². The van der Waals surface area contributed by atoms with Gasteiger partial charge in [-0.25, -0.2) is 14.3 Å². The molecular formula is C33H35FN6O4. The Kier molecular flexibility index (Phi) is 7.37. The molecule has 1 N–H and O–H groups in total. The van der Waals surface area contributed by atoms with Crippen LogP contribution in [0.5, 0.6) is 0 Å². The number of hydrogen-bond donors (Lipinski definition) is 1. The monoisotopic (exact) mass is 598 g/mol. The molecule has 0 unspecified atom stereocenters. The van der Waals surface area contributed by atoms with Crippen LogP contribution in [0.25, 0.3) is 16.9 Å². The first-order chi connectivity index (χ1) is 21.4. The van der Waals surface area contributed by atoms with Gasteiger partial charge in [0.2, 0.25) is 11.7 Å². The van der Waals surface area contributed by atoms with Crippen LogP contribution in [-0.2, 0) is 27.1 Å². The van der Waals surface area contributed by atoms with Gasteiger partial charge in [0.05, 0.1) is 31.0 Å². The van der Waals surface area contributed by atoms with E-state index in [9.17, 15) is 9.59 Å². The maximum atomic E-state index is 16.7. The van der Waals surface area contributed by atoms with E-state index in [1.807, 2.05) is 50.2 Å². The summed E-state index contributed by atoms with van der Waals surface area (Å²) in [6.07, 6.45) is 4.16. The van der Waals surface area contributed by atoms with Crippen LogP contribution in [-0.4, -0.2) is 49.8 Å². The third-order valence-electron chi connectivity index (χ3n) is 8.98. The van der Waals surface area contributed by atoms with Crippen LogP contribution >= 0.6 is 0 Å². The first-order valence-corrected chi connectivity index (χ1v) is 15.4. The molecule has 4 heterocycles. The predicted molar refractivity (Wildman–Crippen MR) is 162 cm³/mol. The number of carbonyl (C=O) groups is 1. The molecule has 0 radical (unpaired) electrons. The van der Waals surface area contributed by atoms with Gasteiger partial charge < -0.3 is 9.47 Å². The van der Waals surface area contributed by atoms with Crippen LogP contribution in [0.4, 0.5) is 4.39 Å². The lowest BCUT2D eigenvalue weighted by molar-refractivity contribution is -0.181. The van der Waals surface area contributed by atoms with Crippen molar-refractivity contribution in [2.75, 3.05) is 13.2 Å². The van der Waals surface area contributed by atoms with Gasteiger partial charge in [0.15, 0.2) is 5.79 Å². The molecule has 4 aromatic rings. The van der Waals surface area contributed by atoms with E-state index in [4.69, 9.17) is 14.6 Å². The largest absolute Gasteiger partial charge is 0.348 e. The average Bonchev–Trinajstić information content (AvgIpc) is 3.77. The zero-order chi connectivity index (χ0) is 30.4. The molecule has 11 heteroatoms. The molecule has 1 saturated heterocycles. The fourth-order valence-corrected chi connectivity index (χ4v) is 6.91. The molecule has 2 fully saturated rings. The smallest absolute Gasteiger partial charge is 0.259 e. The maximum Gasteiger partial charge on any atom is 0.259 e. The van der Waals surface area contributed by atoms with Gasteiger partial charge in [0.1, 0.15) is 11.6 Å². The van der Waals surface area contributed by atoms with Crippen LogP contribution in [0.15, 0.2) is 52.4 Å². The van der Waals surface area contributed by atoms with Crippen molar-refractivity contribution < 1.29 is 18.7 Å². The summed E-state index contributed by atoms with van der Waals surface area (Å²) in [5, 5.41) is 8.87. The highest BCUT2D eigenvalue weighted by Gasteiger charge is 2.41. The number of aryl methyl sites for hydroxylation is 2. The molecule has 2 aliphatic heterocycles. The third kappa shape index (κ3) is 4.93. The molecular weight excluding hydrogens is 563 g/mol. The lowest BCUT2D eigenvalue weighted by atomic mass is 9.89. The normalized spacial score (nSPS) is 18.3. The van der Waals surface area contributed by atoms with Gasteiger partial charge in [-0.15, -0.1) is 0 Å². The SMILES string of the molecule is CCCc1c(Cc2ccc(-c3ccccc3)c(C3=NNC(=O)C3)c2F)c(=O)n(C2CCC3(CC2)OCCO3)c2nc(C)nn12. The topological polar surface area (TPSA) is 112 Å². The van der Waals surface area contributed by atoms with E-state index >= 15 is 4.39 Å². The molecule has 1 aliphatic carbocycles. The zero-order valence-corrected chi connectivity index (χ0v) is 24.9. The molecule has 44 heavy (non-hydrogen) atoms. The third-order valence-corrected chi connectivity index (χ3v) is 8.98. The van der Waals surface area contributed by atoms with E-state index in [-0.39, 0.29) is 35.9 Å². The second-order valence-electron chi connectivity index (χ2n) is 11.8. The molecule has 0 atom stereocenters. The molecule has 2 aromatic carbocycles. The standard InChI is InChI=1S/C33H35FN6O4/c1-3-7-27-25(18-22-10-11-24(21-8-5-4-6-9-21)29(30(22)34)26-19-28(41)37-36-26)31(42)39(32-35-20(2)38-40(27)32)23-12-14-33(15-13-23)43-16-17-44-33/h4-6,8-11,23H,3,7,12-19H2,1-2H3,(H,37,41). The van der Waals surface area contributed by atoms with Gasteiger partial charge in [0, 0.05) is 36.4 Å². The summed E-state index contributed by atoms with van der Waals surface area (Å²) in [6.45, 7) is 5.03. The van der Waals surface area contributed by atoms with Crippen LogP contribution in [0.3, 0.4) is 0 Å². The van der Waals surface area contributed by atoms with E-state index in [1.54, 1.807) is 15.1 Å². The second kappa shape index (κ2) is 11.4. The number of benzene rings is 2. The highest BCUT2D eigenvalue weighted by Crippen LogP contribution is 2.40. The van der Waals surface area contributed by atoms with Crippen molar-refractivity contribution in [3.05, 3.63) is 86.8 Å². The van der Waals surface area contributed by atoms with E-state index < -0.39 is 11.6 Å². The quantitative estimate of drug-likeness (QED) is 0.332. The van der Waals surface area contributed by atoms with Gasteiger partial charge in [0.25, 0.3) is 5.56 Å². The molecule has 228 valence electrons. The van der Waals surface area contributed by atoms with Gasteiger partial charge in [-0.2, -0.15) is 15.2 Å². The summed E-state index contributed by atoms with van der Waals surface area (Å²) in [5.41, 5.74) is 5.94.